The van der Waals surface area contributed by atoms with E-state index in [1.165, 1.54) is 0 Å². The number of alkyl carbamates (subject to hydrolysis) is 1. The number of carbonyl (C=O) groups is 2. The molecule has 1 amide bonds. The Balaban J connectivity index is 3.98. The fraction of sp³-hybridized carbons (Fsp3) is 0.900. The normalized spacial score (nSPS) is 15.0. The highest BCUT2D eigenvalue weighted by Crippen LogP contribution is 2.13. The van der Waals surface area contributed by atoms with Crippen LogP contribution in [0.3, 0.4) is 0 Å². The molecule has 0 radical (unpaired) electrons. The smallest absolute Gasteiger partial charge is 0.407 e. The first-order chi connectivity index (χ1) is 14.9. The first kappa shape index (κ1) is 31.0. The van der Waals surface area contributed by atoms with Gasteiger partial charge >= 0.3 is 12.1 Å². The summed E-state index contributed by atoms with van der Waals surface area (Å²) in [4.78, 5) is 23.7. The van der Waals surface area contributed by atoms with Crippen LogP contribution in [0.5, 0.6) is 0 Å². The molecule has 0 heterocycles. The monoisotopic (exact) mass is 497 g/mol. The second-order valence-electron chi connectivity index (χ2n) is 9.14. The summed E-state index contributed by atoms with van der Waals surface area (Å²) in [5.41, 5.74) is 0. The molecule has 3 atom stereocenters. The van der Waals surface area contributed by atoms with E-state index in [-0.39, 0.29) is 50.0 Å². The molecule has 0 aromatic heterocycles. The van der Waals surface area contributed by atoms with Gasteiger partial charge < -0.3 is 38.9 Å². The van der Waals surface area contributed by atoms with E-state index in [2.05, 4.69) is 18.4 Å². The Morgan fingerprint density at radius 3 is 2.03 bits per heavy atom. The Morgan fingerprint density at radius 1 is 0.906 bits per heavy atom. The molecule has 3 N–H and O–H groups in total. The number of hydrogen-bond donors (Lipinski definition) is 3. The van der Waals surface area contributed by atoms with Crippen molar-refractivity contribution < 1.29 is 43.2 Å². The quantitative estimate of drug-likeness (QED) is 0.201. The molecule has 10 nitrogen and oxygen atoms in total. The third-order valence-corrected chi connectivity index (χ3v) is 9.98. The highest BCUT2D eigenvalue weighted by Gasteiger charge is 2.27. The molecular formula is C20H43NO9Si2. The van der Waals surface area contributed by atoms with Crippen LogP contribution in [0.4, 0.5) is 4.79 Å². The molecule has 0 spiro atoms. The van der Waals surface area contributed by atoms with E-state index in [0.717, 1.165) is 0 Å². The van der Waals surface area contributed by atoms with Crippen LogP contribution in [0.15, 0.2) is 0 Å². The van der Waals surface area contributed by atoms with Crippen LogP contribution in [-0.4, -0.2) is 103 Å². The third-order valence-electron chi connectivity index (χ3n) is 4.87. The Morgan fingerprint density at radius 2 is 1.47 bits per heavy atom. The SMILES string of the molecule is CO[Si](C)(C)CCC(=O)OC(C)COCC(C)OCC(C)OC(=O)NC[Si](C)(CO)CO. The summed E-state index contributed by atoms with van der Waals surface area (Å²) in [6.07, 6.45) is -1.36. The zero-order chi connectivity index (χ0) is 24.8. The molecule has 0 aliphatic rings. The number of nitrogens with one attached hydrogen (secondary N) is 1. The molecule has 0 bridgehead atoms. The van der Waals surface area contributed by atoms with E-state index >= 15 is 0 Å². The maximum atomic E-state index is 11.9. The average molecular weight is 498 g/mol. The number of amides is 1. The minimum atomic E-state index is -2.28. The molecule has 0 aromatic carbocycles. The van der Waals surface area contributed by atoms with Crippen LogP contribution < -0.4 is 5.32 Å². The van der Waals surface area contributed by atoms with Crippen molar-refractivity contribution in [2.24, 2.45) is 0 Å². The van der Waals surface area contributed by atoms with Gasteiger partial charge in [-0.2, -0.15) is 0 Å². The van der Waals surface area contributed by atoms with E-state index in [1.54, 1.807) is 27.5 Å². The van der Waals surface area contributed by atoms with E-state index in [4.69, 9.17) is 23.4 Å². The summed E-state index contributed by atoms with van der Waals surface area (Å²) >= 11 is 0. The van der Waals surface area contributed by atoms with E-state index in [9.17, 15) is 19.8 Å². The molecule has 190 valence electrons. The van der Waals surface area contributed by atoms with Gasteiger partial charge in [0.05, 0.1) is 25.9 Å². The van der Waals surface area contributed by atoms with Gasteiger partial charge in [-0.15, -0.1) is 0 Å². The van der Waals surface area contributed by atoms with Crippen LogP contribution in [0.1, 0.15) is 27.2 Å². The predicted molar refractivity (Wildman–Crippen MR) is 125 cm³/mol. The van der Waals surface area contributed by atoms with Crippen molar-refractivity contribution in [2.75, 3.05) is 45.6 Å². The second kappa shape index (κ2) is 15.7. The fourth-order valence-electron chi connectivity index (χ4n) is 2.28. The van der Waals surface area contributed by atoms with Gasteiger partial charge in [0.25, 0.3) is 0 Å². The van der Waals surface area contributed by atoms with Gasteiger partial charge in [0.1, 0.15) is 20.3 Å². The second-order valence-corrected chi connectivity index (χ2v) is 18.2. The van der Waals surface area contributed by atoms with E-state index in [1.807, 2.05) is 6.92 Å². The van der Waals surface area contributed by atoms with Gasteiger partial charge in [-0.25, -0.2) is 4.79 Å². The minimum absolute atomic E-state index is 0.120. The van der Waals surface area contributed by atoms with Gasteiger partial charge in [0, 0.05) is 32.2 Å². The summed E-state index contributed by atoms with van der Waals surface area (Å²) in [7, 11) is -2.39. The van der Waals surface area contributed by atoms with E-state index < -0.39 is 28.6 Å². The molecule has 12 heteroatoms. The third kappa shape index (κ3) is 14.9. The molecule has 32 heavy (non-hydrogen) atoms. The van der Waals surface area contributed by atoms with Crippen molar-refractivity contribution in [1.82, 2.24) is 5.32 Å². The number of carbonyl (C=O) groups excluding carboxylic acids is 2. The lowest BCUT2D eigenvalue weighted by atomic mass is 10.4. The first-order valence-corrected chi connectivity index (χ1v) is 17.2. The molecule has 0 aromatic rings. The topological polar surface area (TPSA) is 133 Å². The predicted octanol–water partition coefficient (Wildman–Crippen LogP) is 1.38. The van der Waals surface area contributed by atoms with Crippen molar-refractivity contribution in [3.8, 4) is 0 Å². The van der Waals surface area contributed by atoms with Crippen LogP contribution >= 0.6 is 0 Å². The lowest BCUT2D eigenvalue weighted by Crippen LogP contribution is -2.52. The largest absolute Gasteiger partial charge is 0.460 e. The van der Waals surface area contributed by atoms with Gasteiger partial charge in [-0.3, -0.25) is 4.79 Å². The van der Waals surface area contributed by atoms with Gasteiger partial charge in [0.15, 0.2) is 8.32 Å². The maximum Gasteiger partial charge on any atom is 0.407 e. The molecule has 0 saturated heterocycles. The van der Waals surface area contributed by atoms with Crippen LogP contribution in [0.25, 0.3) is 0 Å². The summed E-state index contributed by atoms with van der Waals surface area (Å²) in [6.45, 7) is 12.0. The Bertz CT molecular complexity index is 547. The number of ether oxygens (including phenoxy) is 4. The molecule has 0 saturated carbocycles. The summed E-state index contributed by atoms with van der Waals surface area (Å²) in [5, 5.41) is 21.2. The van der Waals surface area contributed by atoms with Crippen molar-refractivity contribution in [2.45, 2.75) is 71.2 Å². The number of hydrogen-bond acceptors (Lipinski definition) is 9. The number of esters is 1. The standard InChI is InChI=1S/C20H43NO9Si2/c1-16(10-27-11-17(2)29-19(24)8-9-31(5,6)26-4)28-12-18(3)30-20(25)21-13-32(7,14-22)15-23/h16-18,22-23H,8-15H2,1-7H3,(H,21,25). The van der Waals surface area contributed by atoms with Crippen molar-refractivity contribution in [3.05, 3.63) is 0 Å². The fourth-order valence-corrected chi connectivity index (χ4v) is 4.18. The molecule has 0 fully saturated rings. The summed E-state index contributed by atoms with van der Waals surface area (Å²) in [5.74, 6) is -0.256. The maximum absolute atomic E-state index is 11.9. The Kier molecular flexibility index (Phi) is 15.2. The van der Waals surface area contributed by atoms with Crippen LogP contribution in [0.2, 0.25) is 25.7 Å². The Hall–Kier alpha value is -1.03. The van der Waals surface area contributed by atoms with Crippen molar-refractivity contribution >= 4 is 28.5 Å². The zero-order valence-corrected chi connectivity index (χ0v) is 22.6. The number of aliphatic hydroxyl groups is 2. The van der Waals surface area contributed by atoms with Crippen molar-refractivity contribution in [1.29, 1.82) is 0 Å². The van der Waals surface area contributed by atoms with Crippen LogP contribution in [0, 0.1) is 0 Å². The highest BCUT2D eigenvalue weighted by atomic mass is 28.4. The van der Waals surface area contributed by atoms with Gasteiger partial charge in [-0.1, -0.05) is 6.55 Å². The first-order valence-electron chi connectivity index (χ1n) is 11.0. The zero-order valence-electron chi connectivity index (χ0n) is 20.6. The molecule has 0 aliphatic carbocycles. The average Bonchev–Trinajstić information content (AvgIpc) is 2.74. The number of rotatable bonds is 17. The molecule has 0 rings (SSSR count). The van der Waals surface area contributed by atoms with Crippen molar-refractivity contribution in [3.63, 3.8) is 0 Å². The van der Waals surface area contributed by atoms with Crippen LogP contribution in [-0.2, 0) is 28.2 Å². The molecule has 0 aliphatic heterocycles. The molecule has 3 unspecified atom stereocenters. The lowest BCUT2D eigenvalue weighted by Gasteiger charge is -2.23. The lowest BCUT2D eigenvalue weighted by molar-refractivity contribution is -0.151. The van der Waals surface area contributed by atoms with E-state index in [0.29, 0.717) is 19.1 Å². The number of aliphatic hydroxyl groups excluding tert-OH is 2. The molecular weight excluding hydrogens is 454 g/mol. The summed E-state index contributed by atoms with van der Waals surface area (Å²) < 4.78 is 27.2. The Labute approximate surface area is 194 Å². The highest BCUT2D eigenvalue weighted by molar-refractivity contribution is 6.78. The minimum Gasteiger partial charge on any atom is -0.460 e. The van der Waals surface area contributed by atoms with Gasteiger partial charge in [-0.05, 0) is 39.9 Å². The summed E-state index contributed by atoms with van der Waals surface area (Å²) in [6, 6.07) is 0.711. The van der Waals surface area contributed by atoms with Gasteiger partial charge in [0.2, 0.25) is 0 Å².